The fourth-order valence-corrected chi connectivity index (χ4v) is 4.52. The molecule has 0 aliphatic heterocycles. The Labute approximate surface area is 178 Å². The van der Waals surface area contributed by atoms with E-state index in [1.807, 2.05) is 0 Å². The summed E-state index contributed by atoms with van der Waals surface area (Å²) < 4.78 is 0. The van der Waals surface area contributed by atoms with Crippen LogP contribution in [0.5, 0.6) is 0 Å². The summed E-state index contributed by atoms with van der Waals surface area (Å²) in [4.78, 5) is 10.0. The van der Waals surface area contributed by atoms with E-state index in [1.54, 1.807) is 0 Å². The summed E-state index contributed by atoms with van der Waals surface area (Å²) in [5, 5.41) is 5.04. The van der Waals surface area contributed by atoms with Crippen LogP contribution in [-0.4, -0.2) is 24.5 Å². The van der Waals surface area contributed by atoms with Gasteiger partial charge in [-0.25, -0.2) is 0 Å². The molecule has 5 rings (SSSR count). The minimum absolute atomic E-state index is 0.254. The van der Waals surface area contributed by atoms with Crippen molar-refractivity contribution in [3.8, 4) is 0 Å². The molecule has 1 aliphatic rings. The monoisotopic (exact) mass is 390 g/mol. The molecular weight excluding hydrogens is 364 g/mol. The van der Waals surface area contributed by atoms with Gasteiger partial charge in [-0.15, -0.1) is 0 Å². The highest BCUT2D eigenvalue weighted by atomic mass is 14.9. The maximum atomic E-state index is 5.02. The van der Waals surface area contributed by atoms with E-state index in [0.29, 0.717) is 0 Å². The van der Waals surface area contributed by atoms with Crippen LogP contribution in [0.15, 0.2) is 94.9 Å². The summed E-state index contributed by atoms with van der Waals surface area (Å²) in [6.45, 7) is 0. The smallest absolute Gasteiger partial charge is 0.0723 e. The second kappa shape index (κ2) is 8.62. The zero-order valence-corrected chi connectivity index (χ0v) is 17.1. The molecule has 0 N–H and O–H groups in total. The first kappa shape index (κ1) is 18.7. The van der Waals surface area contributed by atoms with Gasteiger partial charge in [0.2, 0.25) is 0 Å². The van der Waals surface area contributed by atoms with Gasteiger partial charge in [-0.1, -0.05) is 97.8 Å². The van der Waals surface area contributed by atoms with Crippen molar-refractivity contribution in [2.24, 2.45) is 9.98 Å². The topological polar surface area (TPSA) is 24.7 Å². The average Bonchev–Trinajstić information content (AvgIpc) is 2.82. The van der Waals surface area contributed by atoms with Crippen molar-refractivity contribution in [2.45, 2.75) is 37.8 Å². The van der Waals surface area contributed by atoms with Crippen LogP contribution in [0.2, 0.25) is 0 Å². The molecule has 0 aromatic heterocycles. The molecule has 0 heterocycles. The van der Waals surface area contributed by atoms with E-state index < -0.39 is 0 Å². The van der Waals surface area contributed by atoms with E-state index in [0.717, 1.165) is 12.8 Å². The first-order valence-corrected chi connectivity index (χ1v) is 10.9. The van der Waals surface area contributed by atoms with E-state index in [9.17, 15) is 0 Å². The molecule has 1 saturated carbocycles. The van der Waals surface area contributed by atoms with Crippen molar-refractivity contribution in [1.29, 1.82) is 0 Å². The quantitative estimate of drug-likeness (QED) is 0.341. The maximum Gasteiger partial charge on any atom is 0.0723 e. The van der Waals surface area contributed by atoms with Crippen LogP contribution in [0.1, 0.15) is 36.8 Å². The lowest BCUT2D eigenvalue weighted by Crippen LogP contribution is -2.27. The largest absolute Gasteiger partial charge is 0.287 e. The number of benzene rings is 4. The van der Waals surface area contributed by atoms with Gasteiger partial charge < -0.3 is 0 Å². The molecule has 2 nitrogen and oxygen atoms in total. The Balaban J connectivity index is 1.40. The van der Waals surface area contributed by atoms with Gasteiger partial charge in [0.1, 0.15) is 0 Å². The van der Waals surface area contributed by atoms with Crippen LogP contribution < -0.4 is 0 Å². The van der Waals surface area contributed by atoms with Crippen LogP contribution in [0.25, 0.3) is 21.5 Å². The van der Waals surface area contributed by atoms with Gasteiger partial charge in [-0.2, -0.15) is 0 Å². The van der Waals surface area contributed by atoms with Crippen molar-refractivity contribution in [1.82, 2.24) is 0 Å². The van der Waals surface area contributed by atoms with Crippen molar-refractivity contribution in [3.05, 3.63) is 96.1 Å². The summed E-state index contributed by atoms with van der Waals surface area (Å²) >= 11 is 0. The number of hydrogen-bond donors (Lipinski definition) is 0. The predicted octanol–water partition coefficient (Wildman–Crippen LogP) is 6.84. The molecule has 4 aromatic rings. The lowest BCUT2D eigenvalue weighted by Gasteiger charge is -2.25. The third-order valence-electron chi connectivity index (χ3n) is 6.15. The average molecular weight is 391 g/mol. The second-order valence-electron chi connectivity index (χ2n) is 8.11. The van der Waals surface area contributed by atoms with Gasteiger partial charge in [0, 0.05) is 23.6 Å². The molecule has 2 heteroatoms. The highest BCUT2D eigenvalue weighted by molar-refractivity contribution is 6.00. The fourth-order valence-electron chi connectivity index (χ4n) is 4.52. The summed E-state index contributed by atoms with van der Waals surface area (Å²) in [7, 11) is 0. The molecule has 0 radical (unpaired) electrons. The fraction of sp³-hybridized carbons (Fsp3) is 0.214. The number of aliphatic imine (C=N–C) groups is 2. The van der Waals surface area contributed by atoms with Crippen molar-refractivity contribution >= 4 is 34.0 Å². The zero-order valence-electron chi connectivity index (χ0n) is 17.1. The predicted molar refractivity (Wildman–Crippen MR) is 129 cm³/mol. The molecule has 30 heavy (non-hydrogen) atoms. The van der Waals surface area contributed by atoms with Gasteiger partial charge >= 0.3 is 0 Å². The molecule has 0 spiro atoms. The normalized spacial score (nSPS) is 19.9. The first-order chi connectivity index (χ1) is 14.9. The van der Waals surface area contributed by atoms with Gasteiger partial charge in [-0.05, 0) is 34.4 Å². The Bertz CT molecular complexity index is 1110. The molecule has 0 unspecified atom stereocenters. The number of nitrogens with zero attached hydrogens (tertiary/aromatic N) is 2. The van der Waals surface area contributed by atoms with E-state index in [2.05, 4.69) is 97.4 Å². The number of fused-ring (bicyclic) bond motifs is 2. The van der Waals surface area contributed by atoms with E-state index in [-0.39, 0.29) is 12.1 Å². The highest BCUT2D eigenvalue weighted by Gasteiger charge is 2.23. The Hall–Kier alpha value is -3.26. The molecule has 148 valence electrons. The van der Waals surface area contributed by atoms with Crippen LogP contribution >= 0.6 is 0 Å². The molecule has 2 atom stereocenters. The van der Waals surface area contributed by atoms with Gasteiger partial charge in [0.25, 0.3) is 0 Å². The van der Waals surface area contributed by atoms with Crippen molar-refractivity contribution in [2.75, 3.05) is 0 Å². The lowest BCUT2D eigenvalue weighted by atomic mass is 9.91. The molecule has 0 bridgehead atoms. The van der Waals surface area contributed by atoms with Gasteiger partial charge in [0.15, 0.2) is 0 Å². The summed E-state index contributed by atoms with van der Waals surface area (Å²) in [5.74, 6) is 0. The summed E-state index contributed by atoms with van der Waals surface area (Å²) in [6.07, 6.45) is 8.82. The third-order valence-corrected chi connectivity index (χ3v) is 6.15. The maximum absolute atomic E-state index is 5.02. The number of rotatable bonds is 4. The zero-order chi connectivity index (χ0) is 20.2. The van der Waals surface area contributed by atoms with Crippen molar-refractivity contribution in [3.63, 3.8) is 0 Å². The Kier molecular flexibility index (Phi) is 5.39. The van der Waals surface area contributed by atoms with Gasteiger partial charge in [0.05, 0.1) is 12.1 Å². The Morgan fingerprint density at radius 2 is 0.967 bits per heavy atom. The number of hydrogen-bond acceptors (Lipinski definition) is 2. The standard InChI is InChI=1S/C28H26N2/c1-3-15-25-21(9-1)11-7-13-23(25)19-29-27-17-5-6-18-28(27)30-20-24-14-8-12-22-10-2-4-16-26(22)24/h1-4,7-16,19-20,27-28H,5-6,17-18H2/t27-,28-/m0/s1. The Morgan fingerprint density at radius 3 is 1.47 bits per heavy atom. The molecule has 0 saturated heterocycles. The van der Waals surface area contributed by atoms with E-state index in [4.69, 9.17) is 9.98 Å². The molecule has 0 amide bonds. The highest BCUT2D eigenvalue weighted by Crippen LogP contribution is 2.25. The first-order valence-electron chi connectivity index (χ1n) is 10.9. The molecule has 4 aromatic carbocycles. The molecule has 1 aliphatic carbocycles. The SMILES string of the molecule is C(=N[C@H]1CCCC[C@@H]1N=Cc1cccc2ccccc12)c1cccc2ccccc12. The minimum Gasteiger partial charge on any atom is -0.287 e. The summed E-state index contributed by atoms with van der Waals surface area (Å²) in [6, 6.07) is 30.4. The van der Waals surface area contributed by atoms with Crippen LogP contribution in [0.3, 0.4) is 0 Å². The Morgan fingerprint density at radius 1 is 0.533 bits per heavy atom. The van der Waals surface area contributed by atoms with Crippen LogP contribution in [0.4, 0.5) is 0 Å². The second-order valence-corrected chi connectivity index (χ2v) is 8.11. The molecule has 1 fully saturated rings. The van der Waals surface area contributed by atoms with Crippen LogP contribution in [-0.2, 0) is 0 Å². The summed E-state index contributed by atoms with van der Waals surface area (Å²) in [5.41, 5.74) is 2.38. The van der Waals surface area contributed by atoms with Crippen LogP contribution in [0, 0.1) is 0 Å². The van der Waals surface area contributed by atoms with E-state index >= 15 is 0 Å². The minimum atomic E-state index is 0.254. The van der Waals surface area contributed by atoms with E-state index in [1.165, 1.54) is 45.5 Å². The molecular formula is C28H26N2. The lowest BCUT2D eigenvalue weighted by molar-refractivity contribution is 0.390. The van der Waals surface area contributed by atoms with Crippen molar-refractivity contribution < 1.29 is 0 Å². The third kappa shape index (κ3) is 3.91. The van der Waals surface area contributed by atoms with Gasteiger partial charge in [-0.3, -0.25) is 9.98 Å².